The predicted octanol–water partition coefficient (Wildman–Crippen LogP) is 4.78. The highest BCUT2D eigenvalue weighted by molar-refractivity contribution is 8.14. The number of thioether (sulfide) groups is 1. The van der Waals surface area contributed by atoms with Crippen LogP contribution < -0.4 is 9.47 Å². The van der Waals surface area contributed by atoms with Crippen LogP contribution >= 0.6 is 11.8 Å². The van der Waals surface area contributed by atoms with Gasteiger partial charge in [-0.3, -0.25) is 9.69 Å². The highest BCUT2D eigenvalue weighted by Crippen LogP contribution is 2.66. The van der Waals surface area contributed by atoms with E-state index in [2.05, 4.69) is 4.90 Å². The molecular formula is C28H31NO5S. The number of benzene rings is 1. The molecule has 2 bridgehead atoms. The van der Waals surface area contributed by atoms with Crippen molar-refractivity contribution in [2.24, 2.45) is 11.8 Å². The van der Waals surface area contributed by atoms with Gasteiger partial charge in [-0.1, -0.05) is 11.8 Å². The number of carbonyl (C=O) groups is 1. The molecule has 5 aliphatic rings. The Morgan fingerprint density at radius 1 is 1.34 bits per heavy atom. The van der Waals surface area contributed by atoms with Crippen LogP contribution in [0, 0.1) is 11.8 Å². The largest absolute Gasteiger partial charge is 0.508 e. The summed E-state index contributed by atoms with van der Waals surface area (Å²) in [5.41, 5.74) is 2.94. The maximum absolute atomic E-state index is 13.0. The molecule has 5 atom stereocenters. The summed E-state index contributed by atoms with van der Waals surface area (Å²) in [5.74, 6) is 3.06. The molecule has 1 spiro atoms. The molecule has 0 unspecified atom stereocenters. The fourth-order valence-corrected chi connectivity index (χ4v) is 8.60. The van der Waals surface area contributed by atoms with E-state index in [4.69, 9.17) is 13.9 Å². The molecule has 1 aromatic heterocycles. The molecule has 7 heteroatoms. The third-order valence-corrected chi connectivity index (χ3v) is 10.3. The smallest absolute Gasteiger partial charge is 0.212 e. The van der Waals surface area contributed by atoms with E-state index in [9.17, 15) is 9.90 Å². The number of phenols is 1. The van der Waals surface area contributed by atoms with Crippen LogP contribution in [-0.2, 0) is 16.6 Å². The van der Waals surface area contributed by atoms with Crippen molar-refractivity contribution in [3.63, 3.8) is 0 Å². The summed E-state index contributed by atoms with van der Waals surface area (Å²) in [7, 11) is 1.64. The highest BCUT2D eigenvalue weighted by Gasteiger charge is 2.66. The number of carbonyl (C=O) groups excluding carboxylic acids is 1. The molecule has 3 fully saturated rings. The second-order valence-corrected chi connectivity index (χ2v) is 12.1. The van der Waals surface area contributed by atoms with Crippen LogP contribution in [0.25, 0.3) is 6.08 Å². The van der Waals surface area contributed by atoms with Gasteiger partial charge in [0.1, 0.15) is 11.9 Å². The molecule has 0 radical (unpaired) electrons. The lowest BCUT2D eigenvalue weighted by Crippen LogP contribution is -2.66. The van der Waals surface area contributed by atoms with Gasteiger partial charge in [-0.25, -0.2) is 0 Å². The number of hydrogen-bond acceptors (Lipinski definition) is 7. The number of piperidine rings is 1. The van der Waals surface area contributed by atoms with Crippen LogP contribution in [0.3, 0.4) is 0 Å². The van der Waals surface area contributed by atoms with E-state index in [1.165, 1.54) is 36.7 Å². The van der Waals surface area contributed by atoms with E-state index in [0.29, 0.717) is 23.5 Å². The van der Waals surface area contributed by atoms with E-state index in [1.807, 2.05) is 6.07 Å². The maximum atomic E-state index is 13.0. The number of phenolic OH excluding ortho intramolecular Hbond substituents is 1. The second-order valence-electron chi connectivity index (χ2n) is 10.9. The monoisotopic (exact) mass is 493 g/mol. The van der Waals surface area contributed by atoms with Gasteiger partial charge < -0.3 is 19.0 Å². The standard InChI is InChI=1S/C28H31NO5S/c1-32-22-13-21(30)18-12-20-19-5-6-23(35-24(31)7-4-17-8-11-33-15-17)27-28(19,25(18)26(22)34-27)9-10-29(20)14-16-2-3-16/h4,7-8,11,13,15-16,19-20,23,27,30H,2-3,5-6,9-10,12,14H2,1H3/b7-4+/t19-,20+,23+,27-,28-/m0/s1. The summed E-state index contributed by atoms with van der Waals surface area (Å²) in [6.07, 6.45) is 13.2. The Bertz CT molecular complexity index is 1190. The van der Waals surface area contributed by atoms with Crippen LogP contribution in [-0.4, -0.2) is 52.7 Å². The topological polar surface area (TPSA) is 72.1 Å². The Morgan fingerprint density at radius 3 is 3.00 bits per heavy atom. The fraction of sp³-hybridized carbons (Fsp3) is 0.536. The summed E-state index contributed by atoms with van der Waals surface area (Å²) in [6, 6.07) is 3.99. The molecule has 7 rings (SSSR count). The third-order valence-electron chi connectivity index (χ3n) is 9.10. The number of ether oxygens (including phenoxy) is 2. The minimum Gasteiger partial charge on any atom is -0.508 e. The first-order chi connectivity index (χ1) is 17.1. The minimum atomic E-state index is -0.163. The van der Waals surface area contributed by atoms with Crippen LogP contribution in [0.5, 0.6) is 17.2 Å². The molecule has 1 N–H and O–H groups in total. The second kappa shape index (κ2) is 8.07. The number of furan rings is 1. The highest BCUT2D eigenvalue weighted by atomic mass is 32.2. The predicted molar refractivity (Wildman–Crippen MR) is 134 cm³/mol. The van der Waals surface area contributed by atoms with E-state index < -0.39 is 0 Å². The van der Waals surface area contributed by atoms with E-state index >= 15 is 0 Å². The van der Waals surface area contributed by atoms with E-state index in [-0.39, 0.29) is 21.9 Å². The quantitative estimate of drug-likeness (QED) is 0.581. The Hall–Kier alpha value is -2.38. The minimum absolute atomic E-state index is 0.0409. The van der Waals surface area contributed by atoms with Crippen LogP contribution in [0.1, 0.15) is 48.8 Å². The lowest BCUT2D eigenvalue weighted by Gasteiger charge is -2.59. The Labute approximate surface area is 209 Å². The van der Waals surface area contributed by atoms with E-state index in [0.717, 1.165) is 55.0 Å². The van der Waals surface area contributed by atoms with Crippen LogP contribution in [0.4, 0.5) is 0 Å². The zero-order valence-corrected chi connectivity index (χ0v) is 20.8. The fourth-order valence-electron chi connectivity index (χ4n) is 7.48. The zero-order chi connectivity index (χ0) is 23.7. The van der Waals surface area contributed by atoms with Gasteiger partial charge in [-0.05, 0) is 75.1 Å². The molecule has 2 aliphatic heterocycles. The lowest BCUT2D eigenvalue weighted by atomic mass is 9.51. The molecule has 2 saturated carbocycles. The molecule has 1 aromatic carbocycles. The van der Waals surface area contributed by atoms with Gasteiger partial charge in [-0.15, -0.1) is 0 Å². The summed E-state index contributed by atoms with van der Waals surface area (Å²) in [4.78, 5) is 15.7. The summed E-state index contributed by atoms with van der Waals surface area (Å²) >= 11 is 1.40. The molecule has 0 amide bonds. The first-order valence-electron chi connectivity index (χ1n) is 12.8. The number of likely N-dealkylation sites (tertiary alicyclic amines) is 1. The number of rotatable bonds is 6. The zero-order valence-electron chi connectivity index (χ0n) is 19.9. The Balaban J connectivity index is 1.25. The lowest BCUT2D eigenvalue weighted by molar-refractivity contribution is -0.107. The van der Waals surface area contributed by atoms with Gasteiger partial charge in [0.15, 0.2) is 11.5 Å². The molecule has 3 heterocycles. The van der Waals surface area contributed by atoms with Gasteiger partial charge in [-0.2, -0.15) is 0 Å². The SMILES string of the molecule is COc1cc(O)c2c3c1O[C@H]1[C@H](SC(=O)/C=C/c4ccoc4)CC[C@H]4[C@@H](C2)N(CC2CC2)CC[C@@]341. The molecule has 6 nitrogen and oxygen atoms in total. The van der Waals surface area contributed by atoms with Crippen molar-refractivity contribution < 1.29 is 23.8 Å². The van der Waals surface area contributed by atoms with Crippen molar-refractivity contribution in [2.45, 2.75) is 61.3 Å². The van der Waals surface area contributed by atoms with Gasteiger partial charge in [0.2, 0.25) is 5.12 Å². The Kier molecular flexibility index (Phi) is 5.04. The van der Waals surface area contributed by atoms with Crippen LogP contribution in [0.15, 0.2) is 35.2 Å². The van der Waals surface area contributed by atoms with Crippen molar-refractivity contribution >= 4 is 23.0 Å². The number of hydrogen-bond donors (Lipinski definition) is 1. The van der Waals surface area contributed by atoms with E-state index in [1.54, 1.807) is 37.9 Å². The average Bonchev–Trinajstić information content (AvgIpc) is 3.38. The Morgan fingerprint density at radius 2 is 2.23 bits per heavy atom. The average molecular weight is 494 g/mol. The van der Waals surface area contributed by atoms with Crippen molar-refractivity contribution in [2.75, 3.05) is 20.2 Å². The van der Waals surface area contributed by atoms with Crippen molar-refractivity contribution in [1.29, 1.82) is 0 Å². The third kappa shape index (κ3) is 3.30. The molecule has 3 aliphatic carbocycles. The van der Waals surface area contributed by atoms with Crippen molar-refractivity contribution in [3.05, 3.63) is 47.4 Å². The molecule has 35 heavy (non-hydrogen) atoms. The molecule has 184 valence electrons. The van der Waals surface area contributed by atoms with Crippen LogP contribution in [0.2, 0.25) is 0 Å². The van der Waals surface area contributed by atoms with Gasteiger partial charge in [0.25, 0.3) is 0 Å². The first kappa shape index (κ1) is 21.9. The number of methoxy groups -OCH3 is 1. The molecule has 1 saturated heterocycles. The summed E-state index contributed by atoms with van der Waals surface area (Å²) in [5, 5.41) is 11.2. The summed E-state index contributed by atoms with van der Waals surface area (Å²) < 4.78 is 17.6. The van der Waals surface area contributed by atoms with Crippen molar-refractivity contribution in [3.8, 4) is 17.2 Å². The summed E-state index contributed by atoms with van der Waals surface area (Å²) in [6.45, 7) is 2.23. The normalized spacial score (nSPS) is 32.9. The van der Waals surface area contributed by atoms with Crippen molar-refractivity contribution in [1.82, 2.24) is 4.90 Å². The number of nitrogens with zero attached hydrogens (tertiary/aromatic N) is 1. The van der Waals surface area contributed by atoms with Gasteiger partial charge in [0, 0.05) is 40.8 Å². The molecule has 2 aromatic rings. The van der Waals surface area contributed by atoms with Gasteiger partial charge in [0.05, 0.1) is 24.9 Å². The van der Waals surface area contributed by atoms with Gasteiger partial charge >= 0.3 is 0 Å². The maximum Gasteiger partial charge on any atom is 0.212 e. The molecular weight excluding hydrogens is 462 g/mol. The number of aromatic hydroxyl groups is 1. The first-order valence-corrected chi connectivity index (χ1v) is 13.7.